The SMILES string of the molecule is C=CC(C)(CC/C=C(\C)CC/C=C(\C)CC/C=C(/C)CO[C@@H]1O[C@H](CO)[C@@H](O)[C@H](O)[C@H]1O[C@@H]1O[C@H](CO[C@@H]2O[C@@H](C)[C@H](O)[C@@H](O)[C@H]2O)[C@@H](O)[C@H](O)[C@H]1O)O[C@@H]1O[C@H](CO)[C@@H](O)[C@H](O)[C@H]1O[C@@H]1O[C@H](CO)[C@@H](O)[C@H](O)[C@H]1O. The van der Waals surface area contributed by atoms with Gasteiger partial charge in [0.2, 0.25) is 0 Å². The quantitative estimate of drug-likeness (QED) is 0.0382. The molecule has 0 radical (unpaired) electrons. The van der Waals surface area contributed by atoms with E-state index in [1.807, 2.05) is 26.0 Å². The maximum absolute atomic E-state index is 11.1. The molecule has 5 saturated heterocycles. The predicted octanol–water partition coefficient (Wildman–Crippen LogP) is -4.76. The Kier molecular flexibility index (Phi) is 25.2. The Morgan fingerprint density at radius 2 is 0.868 bits per heavy atom. The fourth-order valence-electron chi connectivity index (χ4n) is 9.28. The van der Waals surface area contributed by atoms with Crippen LogP contribution in [0.3, 0.4) is 0 Å². The number of aliphatic hydroxyl groups is 16. The van der Waals surface area contributed by atoms with Gasteiger partial charge in [0.15, 0.2) is 31.5 Å². The van der Waals surface area contributed by atoms with Crippen molar-refractivity contribution in [2.24, 2.45) is 0 Å². The highest BCUT2D eigenvalue weighted by molar-refractivity contribution is 5.08. The molecule has 0 bridgehead atoms. The maximum atomic E-state index is 11.1. The second-order valence-corrected chi connectivity index (χ2v) is 20.6. The van der Waals surface area contributed by atoms with Crippen LogP contribution in [0.25, 0.3) is 0 Å². The molecular weight excluding hydrogens is 1020 g/mol. The van der Waals surface area contributed by atoms with E-state index in [4.69, 9.17) is 47.4 Å². The normalized spacial score (nSPS) is 43.9. The van der Waals surface area contributed by atoms with Gasteiger partial charge in [0.1, 0.15) is 116 Å². The predicted molar refractivity (Wildman–Crippen MR) is 259 cm³/mol. The third kappa shape index (κ3) is 16.3. The van der Waals surface area contributed by atoms with Gasteiger partial charge in [-0.05, 0) is 73.1 Å². The summed E-state index contributed by atoms with van der Waals surface area (Å²) in [4.78, 5) is 0. The number of ether oxygens (including phenoxy) is 10. The van der Waals surface area contributed by atoms with E-state index in [1.165, 1.54) is 13.0 Å². The Balaban J connectivity index is 1.10. The highest BCUT2D eigenvalue weighted by atomic mass is 16.8. The van der Waals surface area contributed by atoms with Gasteiger partial charge in [0.25, 0.3) is 0 Å². The summed E-state index contributed by atoms with van der Waals surface area (Å²) in [7, 11) is 0. The number of allylic oxidation sites excluding steroid dienone is 5. The van der Waals surface area contributed by atoms with E-state index in [0.29, 0.717) is 25.7 Å². The molecule has 0 aromatic heterocycles. The van der Waals surface area contributed by atoms with E-state index in [-0.39, 0.29) is 6.61 Å². The maximum Gasteiger partial charge on any atom is 0.188 e. The van der Waals surface area contributed by atoms with Gasteiger partial charge in [0, 0.05) is 0 Å². The third-order valence-electron chi connectivity index (χ3n) is 14.5. The third-order valence-corrected chi connectivity index (χ3v) is 14.5. The largest absolute Gasteiger partial charge is 0.394 e. The lowest BCUT2D eigenvalue weighted by atomic mass is 9.95. The first-order valence-corrected chi connectivity index (χ1v) is 25.7. The summed E-state index contributed by atoms with van der Waals surface area (Å²) in [6.07, 6.45) is -28.1. The lowest BCUT2D eigenvalue weighted by Crippen LogP contribution is -2.65. The highest BCUT2D eigenvalue weighted by Crippen LogP contribution is 2.35. The second-order valence-electron chi connectivity index (χ2n) is 20.6. The summed E-state index contributed by atoms with van der Waals surface area (Å²) in [6, 6.07) is 0. The minimum Gasteiger partial charge on any atom is -0.394 e. The van der Waals surface area contributed by atoms with Gasteiger partial charge in [-0.3, -0.25) is 0 Å². The van der Waals surface area contributed by atoms with Crippen LogP contribution >= 0.6 is 0 Å². The molecule has 5 aliphatic rings. The molecule has 5 fully saturated rings. The molecule has 0 amide bonds. The van der Waals surface area contributed by atoms with E-state index >= 15 is 0 Å². The van der Waals surface area contributed by atoms with Crippen molar-refractivity contribution in [3.05, 3.63) is 47.6 Å². The summed E-state index contributed by atoms with van der Waals surface area (Å²) >= 11 is 0. The minimum absolute atomic E-state index is 0.0544. The summed E-state index contributed by atoms with van der Waals surface area (Å²) in [5, 5.41) is 167. The van der Waals surface area contributed by atoms with Crippen molar-refractivity contribution >= 4 is 0 Å². The molecule has 26 atom stereocenters. The van der Waals surface area contributed by atoms with Crippen molar-refractivity contribution < 1.29 is 129 Å². The molecule has 0 aromatic carbocycles. The van der Waals surface area contributed by atoms with Crippen molar-refractivity contribution in [2.45, 2.75) is 232 Å². The molecule has 26 nitrogen and oxygen atoms in total. The van der Waals surface area contributed by atoms with Crippen LogP contribution in [-0.4, -0.2) is 274 Å². The smallest absolute Gasteiger partial charge is 0.188 e. The van der Waals surface area contributed by atoms with E-state index in [1.54, 1.807) is 13.8 Å². The molecule has 5 heterocycles. The molecule has 5 rings (SSSR count). The summed E-state index contributed by atoms with van der Waals surface area (Å²) in [6.45, 7) is 10.1. The first kappa shape index (κ1) is 64.7. The topological polar surface area (TPSA) is 416 Å². The molecule has 0 spiro atoms. The van der Waals surface area contributed by atoms with Gasteiger partial charge < -0.3 is 129 Å². The lowest BCUT2D eigenvalue weighted by molar-refractivity contribution is -0.375. The Morgan fingerprint density at radius 3 is 1.38 bits per heavy atom. The van der Waals surface area contributed by atoms with Crippen molar-refractivity contribution in [3.8, 4) is 0 Å². The first-order valence-electron chi connectivity index (χ1n) is 25.7. The van der Waals surface area contributed by atoms with E-state index in [2.05, 4.69) is 12.7 Å². The van der Waals surface area contributed by atoms with Gasteiger partial charge in [0.05, 0.1) is 44.7 Å². The Hall–Kier alpha value is -2.08. The monoisotopic (exact) mass is 1100 g/mol. The summed E-state index contributed by atoms with van der Waals surface area (Å²) in [5.74, 6) is 0. The van der Waals surface area contributed by atoms with Crippen LogP contribution in [0.5, 0.6) is 0 Å². The van der Waals surface area contributed by atoms with E-state index in [9.17, 15) is 81.7 Å². The van der Waals surface area contributed by atoms with Gasteiger partial charge in [-0.2, -0.15) is 0 Å². The molecular formula is C50H84O26. The van der Waals surface area contributed by atoms with Crippen molar-refractivity contribution in [1.82, 2.24) is 0 Å². The minimum atomic E-state index is -1.89. The van der Waals surface area contributed by atoms with E-state index < -0.39 is 186 Å². The fourth-order valence-corrected chi connectivity index (χ4v) is 9.28. The number of hydrogen-bond acceptors (Lipinski definition) is 26. The fraction of sp³-hybridized carbons (Fsp3) is 0.840. The second kappa shape index (κ2) is 29.6. The average molecular weight is 1100 g/mol. The zero-order chi connectivity index (χ0) is 56.3. The van der Waals surface area contributed by atoms with Crippen molar-refractivity contribution in [1.29, 1.82) is 0 Å². The molecule has 440 valence electrons. The molecule has 0 aromatic rings. The first-order chi connectivity index (χ1) is 35.9. The number of hydrogen-bond donors (Lipinski definition) is 16. The highest BCUT2D eigenvalue weighted by Gasteiger charge is 2.54. The van der Waals surface area contributed by atoms with Crippen LogP contribution in [-0.2, 0) is 47.4 Å². The lowest BCUT2D eigenvalue weighted by Gasteiger charge is -2.47. The van der Waals surface area contributed by atoms with Crippen LogP contribution in [0.1, 0.15) is 73.1 Å². The van der Waals surface area contributed by atoms with Crippen LogP contribution in [0.4, 0.5) is 0 Å². The molecule has 16 N–H and O–H groups in total. The Labute approximate surface area is 441 Å². The molecule has 1 unspecified atom stereocenters. The average Bonchev–Trinajstić information content (AvgIpc) is 3.39. The molecule has 0 aliphatic carbocycles. The van der Waals surface area contributed by atoms with Crippen LogP contribution in [0.2, 0.25) is 0 Å². The zero-order valence-electron chi connectivity index (χ0n) is 43.5. The Morgan fingerprint density at radius 1 is 0.461 bits per heavy atom. The standard InChI is InChI=1S/C50H84O26/c1-7-50(6,76-49-44(39(63)33(57)28(19-53)72-49)75-46-41(65)36(60)31(55)26(17-51)70-46)16-10-15-23(3)12-8-11-22(2)13-9-14-24(4)20-67-48-43(38(62)32(56)27(18-52)71-48)74-47-42(66)37(61)34(58)29(73-47)21-68-45-40(64)35(59)30(54)25(5)69-45/h7,11,14-15,25-49,51-66H,1,8-10,12-13,16-21H2,2-6H3/b22-11+,23-15+,24-14-/t25-,26+,27+,28+,29+,30-,31+,32+,33+,34+,35+,36-,37-,38-,39-,40+,41+,42+,43+,44+,45+,46-,47-,48+,49-,50?/m0/s1. The number of rotatable bonds is 25. The van der Waals surface area contributed by atoms with Gasteiger partial charge >= 0.3 is 0 Å². The summed E-state index contributed by atoms with van der Waals surface area (Å²) < 4.78 is 57.6. The van der Waals surface area contributed by atoms with Crippen molar-refractivity contribution in [3.63, 3.8) is 0 Å². The molecule has 5 aliphatic heterocycles. The molecule has 26 heteroatoms. The Bertz CT molecular complexity index is 1860. The van der Waals surface area contributed by atoms with Gasteiger partial charge in [-0.1, -0.05) is 41.0 Å². The van der Waals surface area contributed by atoms with E-state index in [0.717, 1.165) is 29.6 Å². The zero-order valence-corrected chi connectivity index (χ0v) is 43.5. The van der Waals surface area contributed by atoms with Crippen LogP contribution < -0.4 is 0 Å². The molecule has 0 saturated carbocycles. The molecule has 76 heavy (non-hydrogen) atoms. The van der Waals surface area contributed by atoms with Crippen LogP contribution in [0.15, 0.2) is 47.6 Å². The van der Waals surface area contributed by atoms with Gasteiger partial charge in [-0.15, -0.1) is 6.58 Å². The van der Waals surface area contributed by atoms with Gasteiger partial charge in [-0.25, -0.2) is 0 Å². The summed E-state index contributed by atoms with van der Waals surface area (Å²) in [5.41, 5.74) is 1.85. The van der Waals surface area contributed by atoms with Crippen molar-refractivity contribution in [2.75, 3.05) is 33.0 Å². The van der Waals surface area contributed by atoms with Crippen LogP contribution in [0, 0.1) is 0 Å². The number of aliphatic hydroxyl groups excluding tert-OH is 16.